The van der Waals surface area contributed by atoms with Gasteiger partial charge in [-0.3, -0.25) is 9.31 Å². The fourth-order valence-corrected chi connectivity index (χ4v) is 2.24. The van der Waals surface area contributed by atoms with Crippen LogP contribution in [0.1, 0.15) is 0 Å². The van der Waals surface area contributed by atoms with Gasteiger partial charge in [0.2, 0.25) is 5.16 Å². The van der Waals surface area contributed by atoms with Crippen molar-refractivity contribution in [2.75, 3.05) is 12.4 Å². The molecule has 0 aliphatic carbocycles. The van der Waals surface area contributed by atoms with Crippen LogP contribution >= 0.6 is 0 Å². The van der Waals surface area contributed by atoms with Crippen molar-refractivity contribution in [2.24, 2.45) is 0 Å². The van der Waals surface area contributed by atoms with E-state index in [0.717, 1.165) is 0 Å². The zero-order valence-corrected chi connectivity index (χ0v) is 10.3. The molecule has 0 amide bonds. The first kappa shape index (κ1) is 12.7. The van der Waals surface area contributed by atoms with Crippen LogP contribution in [0.5, 0.6) is 5.75 Å². The van der Waals surface area contributed by atoms with Crippen LogP contribution in [0.2, 0.25) is 0 Å². The van der Waals surface area contributed by atoms with Gasteiger partial charge in [-0.2, -0.15) is 5.10 Å². The highest BCUT2D eigenvalue weighted by Crippen LogP contribution is 2.09. The van der Waals surface area contributed by atoms with Crippen molar-refractivity contribution in [2.45, 2.75) is 11.3 Å². The number of aromatic nitrogens is 3. The second-order valence-corrected chi connectivity index (χ2v) is 4.99. The summed E-state index contributed by atoms with van der Waals surface area (Å²) in [6.45, 7) is 0.0872. The van der Waals surface area contributed by atoms with Crippen LogP contribution in [0.4, 0.5) is 0 Å². The number of rotatable bonds is 6. The number of para-hydroxylation sites is 1. The zero-order chi connectivity index (χ0) is 12.8. The molecule has 0 radical (unpaired) electrons. The summed E-state index contributed by atoms with van der Waals surface area (Å²) in [5.41, 5.74) is 0. The van der Waals surface area contributed by atoms with E-state index in [1.807, 2.05) is 18.2 Å². The second kappa shape index (κ2) is 6.27. The SMILES string of the molecule is O=[S@](C[C@H](O)COc1ccccc1)c1ncn[nH]1. The average molecular weight is 267 g/mol. The lowest BCUT2D eigenvalue weighted by Gasteiger charge is -2.11. The van der Waals surface area contributed by atoms with Gasteiger partial charge in [0.15, 0.2) is 0 Å². The van der Waals surface area contributed by atoms with Crippen molar-refractivity contribution in [3.63, 3.8) is 0 Å². The lowest BCUT2D eigenvalue weighted by molar-refractivity contribution is 0.125. The van der Waals surface area contributed by atoms with E-state index in [1.165, 1.54) is 6.33 Å². The molecule has 2 N–H and O–H groups in total. The van der Waals surface area contributed by atoms with E-state index < -0.39 is 16.9 Å². The van der Waals surface area contributed by atoms with Crippen LogP contribution < -0.4 is 4.74 Å². The zero-order valence-electron chi connectivity index (χ0n) is 9.52. The summed E-state index contributed by atoms with van der Waals surface area (Å²) in [6.07, 6.45) is 0.455. The van der Waals surface area contributed by atoms with E-state index in [4.69, 9.17) is 4.74 Å². The van der Waals surface area contributed by atoms with Crippen molar-refractivity contribution >= 4 is 10.8 Å². The molecular weight excluding hydrogens is 254 g/mol. The quantitative estimate of drug-likeness (QED) is 0.788. The molecule has 0 aliphatic heterocycles. The second-order valence-electron chi connectivity index (χ2n) is 3.58. The fourth-order valence-electron chi connectivity index (χ4n) is 1.31. The fraction of sp³-hybridized carbons (Fsp3) is 0.273. The summed E-state index contributed by atoms with van der Waals surface area (Å²) in [5, 5.41) is 16.1. The van der Waals surface area contributed by atoms with Crippen LogP contribution in [-0.4, -0.2) is 43.0 Å². The third-order valence-corrected chi connectivity index (χ3v) is 3.45. The minimum atomic E-state index is -1.40. The molecule has 7 heteroatoms. The monoisotopic (exact) mass is 267 g/mol. The van der Waals surface area contributed by atoms with Crippen molar-refractivity contribution in [3.05, 3.63) is 36.7 Å². The van der Waals surface area contributed by atoms with Gasteiger partial charge in [-0.1, -0.05) is 18.2 Å². The first-order valence-electron chi connectivity index (χ1n) is 5.35. The maximum atomic E-state index is 11.7. The molecule has 2 atom stereocenters. The number of hydrogen-bond donors (Lipinski definition) is 2. The molecule has 1 heterocycles. The average Bonchev–Trinajstić information content (AvgIpc) is 2.91. The van der Waals surface area contributed by atoms with Crippen molar-refractivity contribution in [1.29, 1.82) is 0 Å². The molecule has 18 heavy (non-hydrogen) atoms. The molecule has 2 aromatic rings. The Morgan fingerprint density at radius 2 is 2.17 bits per heavy atom. The minimum Gasteiger partial charge on any atom is -0.491 e. The molecule has 96 valence electrons. The van der Waals surface area contributed by atoms with Gasteiger partial charge in [0.05, 0.1) is 22.7 Å². The highest BCUT2D eigenvalue weighted by Gasteiger charge is 2.14. The number of ether oxygens (including phenoxy) is 1. The molecule has 1 aromatic carbocycles. The molecule has 0 saturated heterocycles. The van der Waals surface area contributed by atoms with Gasteiger partial charge in [-0.05, 0) is 12.1 Å². The highest BCUT2D eigenvalue weighted by molar-refractivity contribution is 7.84. The molecule has 2 rings (SSSR count). The van der Waals surface area contributed by atoms with E-state index in [9.17, 15) is 9.32 Å². The molecule has 0 saturated carbocycles. The number of H-pyrrole nitrogens is 1. The van der Waals surface area contributed by atoms with Crippen LogP contribution in [-0.2, 0) is 10.8 Å². The van der Waals surface area contributed by atoms with E-state index in [1.54, 1.807) is 12.1 Å². The summed E-state index contributed by atoms with van der Waals surface area (Å²) in [6, 6.07) is 9.14. The van der Waals surface area contributed by atoms with Crippen LogP contribution in [0.3, 0.4) is 0 Å². The Bertz CT molecular complexity index is 489. The third kappa shape index (κ3) is 3.64. The van der Waals surface area contributed by atoms with E-state index in [-0.39, 0.29) is 17.5 Å². The Balaban J connectivity index is 1.79. The van der Waals surface area contributed by atoms with Gasteiger partial charge in [-0.15, -0.1) is 0 Å². The standard InChI is InChI=1S/C11H13N3O3S/c15-9(6-17-10-4-2-1-3-5-10)7-18(16)11-12-8-13-14-11/h1-5,8-9,15H,6-7H2,(H,12,13,14)/t9-,18-/m1/s1. The summed E-state index contributed by atoms with van der Waals surface area (Å²) in [4.78, 5) is 3.77. The van der Waals surface area contributed by atoms with Gasteiger partial charge < -0.3 is 9.84 Å². The first-order chi connectivity index (χ1) is 8.75. The maximum Gasteiger partial charge on any atom is 0.214 e. The smallest absolute Gasteiger partial charge is 0.214 e. The molecule has 0 spiro atoms. The number of aliphatic hydroxyl groups is 1. The topological polar surface area (TPSA) is 88.1 Å². The number of nitrogens with one attached hydrogen (secondary N) is 1. The predicted molar refractivity (Wildman–Crippen MR) is 65.6 cm³/mol. The van der Waals surface area contributed by atoms with Gasteiger partial charge in [0.25, 0.3) is 0 Å². The predicted octanol–water partition coefficient (Wildman–Crippen LogP) is 0.352. The number of aliphatic hydroxyl groups excluding tert-OH is 1. The molecule has 0 unspecified atom stereocenters. The number of benzene rings is 1. The van der Waals surface area contributed by atoms with Crippen molar-refractivity contribution in [3.8, 4) is 5.75 Å². The lowest BCUT2D eigenvalue weighted by atomic mass is 10.3. The molecule has 1 aromatic heterocycles. The van der Waals surface area contributed by atoms with Crippen LogP contribution in [0.15, 0.2) is 41.8 Å². The van der Waals surface area contributed by atoms with Crippen molar-refractivity contribution in [1.82, 2.24) is 15.2 Å². The van der Waals surface area contributed by atoms with Crippen molar-refractivity contribution < 1.29 is 14.1 Å². The van der Waals surface area contributed by atoms with E-state index in [0.29, 0.717) is 5.75 Å². The Hall–Kier alpha value is -1.73. The molecular formula is C11H13N3O3S. The van der Waals surface area contributed by atoms with Gasteiger partial charge in [-0.25, -0.2) is 4.98 Å². The Morgan fingerprint density at radius 1 is 1.39 bits per heavy atom. The maximum absolute atomic E-state index is 11.7. The number of nitrogens with zero attached hydrogens (tertiary/aromatic N) is 2. The van der Waals surface area contributed by atoms with E-state index in [2.05, 4.69) is 15.2 Å². The van der Waals surface area contributed by atoms with Crippen LogP contribution in [0.25, 0.3) is 0 Å². The first-order valence-corrected chi connectivity index (χ1v) is 6.67. The minimum absolute atomic E-state index is 0.0576. The van der Waals surface area contributed by atoms with Gasteiger partial charge >= 0.3 is 0 Å². The summed E-state index contributed by atoms with van der Waals surface area (Å²) < 4.78 is 17.0. The third-order valence-electron chi connectivity index (χ3n) is 2.14. The molecule has 6 nitrogen and oxygen atoms in total. The number of hydrogen-bond acceptors (Lipinski definition) is 5. The summed E-state index contributed by atoms with van der Waals surface area (Å²) in [5.74, 6) is 0.726. The number of aromatic amines is 1. The normalized spacial score (nSPS) is 14.1. The van der Waals surface area contributed by atoms with E-state index >= 15 is 0 Å². The largest absolute Gasteiger partial charge is 0.491 e. The Labute approximate surface area is 106 Å². The van der Waals surface area contributed by atoms with Gasteiger partial charge in [0, 0.05) is 0 Å². The molecule has 0 aliphatic rings. The van der Waals surface area contributed by atoms with Crippen LogP contribution in [0, 0.1) is 0 Å². The molecule has 0 bridgehead atoms. The summed E-state index contributed by atoms with van der Waals surface area (Å²) in [7, 11) is -1.40. The molecule has 0 fully saturated rings. The Kier molecular flexibility index (Phi) is 4.43. The Morgan fingerprint density at radius 3 is 2.83 bits per heavy atom. The highest BCUT2D eigenvalue weighted by atomic mass is 32.2. The summed E-state index contributed by atoms with van der Waals surface area (Å²) >= 11 is 0. The lowest BCUT2D eigenvalue weighted by Crippen LogP contribution is -2.24. The van der Waals surface area contributed by atoms with Gasteiger partial charge in [0.1, 0.15) is 18.7 Å².